The van der Waals surface area contributed by atoms with Gasteiger partial charge in [0.05, 0.1) is 11.4 Å². The van der Waals surface area contributed by atoms with Crippen molar-refractivity contribution < 1.29 is 4.79 Å². The van der Waals surface area contributed by atoms with Crippen LogP contribution < -0.4 is 10.9 Å². The number of rotatable bonds is 4. The summed E-state index contributed by atoms with van der Waals surface area (Å²) < 4.78 is 1.54. The molecule has 4 rings (SSSR count). The van der Waals surface area contributed by atoms with Crippen LogP contribution in [0.1, 0.15) is 25.0 Å². The number of thioether (sulfide) groups is 1. The minimum atomic E-state index is -0.0576. The van der Waals surface area contributed by atoms with Gasteiger partial charge in [0.2, 0.25) is 5.91 Å². The molecule has 2 aromatic rings. The molecule has 2 aromatic heterocycles. The van der Waals surface area contributed by atoms with Crippen molar-refractivity contribution in [3.8, 4) is 0 Å². The highest BCUT2D eigenvalue weighted by atomic mass is 35.5. The first-order valence-corrected chi connectivity index (χ1v) is 10.3. The fourth-order valence-electron chi connectivity index (χ4n) is 3.47. The van der Waals surface area contributed by atoms with Crippen LogP contribution in [0.3, 0.4) is 0 Å². The molecule has 1 N–H and O–H groups in total. The molecule has 1 amide bonds. The summed E-state index contributed by atoms with van der Waals surface area (Å²) in [6.45, 7) is 1.69. The van der Waals surface area contributed by atoms with E-state index in [0.29, 0.717) is 28.6 Å². The van der Waals surface area contributed by atoms with Crippen LogP contribution in [0.5, 0.6) is 0 Å². The number of amides is 1. The molecule has 2 fully saturated rings. The maximum absolute atomic E-state index is 12.4. The Kier molecular flexibility index (Phi) is 6.04. The maximum Gasteiger partial charge on any atom is 0.258 e. The van der Waals surface area contributed by atoms with Crippen molar-refractivity contribution in [1.82, 2.24) is 19.6 Å². The first-order chi connectivity index (χ1) is 11.7. The first kappa shape index (κ1) is 18.7. The SMILES string of the molecule is Cl.O=C(CSCc1cc(=O)n2ccsc2n1)N1CCC2CCC(C1)N2. The van der Waals surface area contributed by atoms with Gasteiger partial charge < -0.3 is 10.2 Å². The summed E-state index contributed by atoms with van der Waals surface area (Å²) in [6, 6.07) is 2.62. The Balaban J connectivity index is 0.00000182. The molecule has 0 aromatic carbocycles. The second-order valence-electron chi connectivity index (χ2n) is 6.40. The number of likely N-dealkylation sites (tertiary alicyclic amines) is 1. The number of halogens is 1. The molecule has 0 spiro atoms. The zero-order valence-electron chi connectivity index (χ0n) is 13.7. The molecule has 0 aliphatic carbocycles. The fourth-order valence-corrected chi connectivity index (χ4v) is 5.02. The highest BCUT2D eigenvalue weighted by molar-refractivity contribution is 7.99. The molecule has 6 nitrogen and oxygen atoms in total. The number of carbonyl (C=O) groups excluding carboxylic acids is 1. The largest absolute Gasteiger partial charge is 0.340 e. The molecular formula is C16H21ClN4O2S2. The lowest BCUT2D eigenvalue weighted by molar-refractivity contribution is -0.128. The normalized spacial score (nSPS) is 22.6. The van der Waals surface area contributed by atoms with E-state index in [4.69, 9.17) is 0 Å². The van der Waals surface area contributed by atoms with E-state index in [0.717, 1.165) is 25.2 Å². The lowest BCUT2D eigenvalue weighted by atomic mass is 10.1. The lowest BCUT2D eigenvalue weighted by Gasteiger charge is -2.24. The van der Waals surface area contributed by atoms with Crippen molar-refractivity contribution in [2.75, 3.05) is 18.8 Å². The van der Waals surface area contributed by atoms with Crippen LogP contribution in [-0.4, -0.2) is 51.1 Å². The Labute approximate surface area is 160 Å². The van der Waals surface area contributed by atoms with Gasteiger partial charge in [-0.05, 0) is 19.3 Å². The summed E-state index contributed by atoms with van der Waals surface area (Å²) in [5, 5.41) is 5.45. The van der Waals surface area contributed by atoms with E-state index >= 15 is 0 Å². The zero-order valence-corrected chi connectivity index (χ0v) is 16.2. The van der Waals surface area contributed by atoms with Crippen molar-refractivity contribution in [2.45, 2.75) is 37.1 Å². The summed E-state index contributed by atoms with van der Waals surface area (Å²) in [7, 11) is 0. The first-order valence-electron chi connectivity index (χ1n) is 8.26. The Morgan fingerprint density at radius 3 is 3.08 bits per heavy atom. The van der Waals surface area contributed by atoms with Gasteiger partial charge in [0.1, 0.15) is 0 Å². The summed E-state index contributed by atoms with van der Waals surface area (Å²) in [5.41, 5.74) is 0.689. The predicted octanol–water partition coefficient (Wildman–Crippen LogP) is 1.76. The standard InChI is InChI=1S/C16H20N4O2S2.ClH/c21-14-7-13(18-16-20(14)5-6-24-16)9-23-10-15(22)19-4-3-11-1-2-12(8-19)17-11;/h5-7,11-12,17H,1-4,8-10H2;1H. The van der Waals surface area contributed by atoms with Crippen LogP contribution in [0, 0.1) is 0 Å². The number of carbonyl (C=O) groups is 1. The Morgan fingerprint density at radius 1 is 1.36 bits per heavy atom. The molecular weight excluding hydrogens is 380 g/mol. The van der Waals surface area contributed by atoms with E-state index in [2.05, 4.69) is 10.3 Å². The van der Waals surface area contributed by atoms with E-state index < -0.39 is 0 Å². The van der Waals surface area contributed by atoms with Crippen LogP contribution in [0.15, 0.2) is 22.4 Å². The highest BCUT2D eigenvalue weighted by Gasteiger charge is 2.30. The molecule has 0 saturated carbocycles. The molecule has 25 heavy (non-hydrogen) atoms. The van der Waals surface area contributed by atoms with Gasteiger partial charge in [-0.25, -0.2) is 4.98 Å². The molecule has 2 unspecified atom stereocenters. The minimum Gasteiger partial charge on any atom is -0.340 e. The Bertz CT molecular complexity index is 809. The van der Waals surface area contributed by atoms with Gasteiger partial charge in [-0.2, -0.15) is 0 Å². The molecule has 9 heteroatoms. The van der Waals surface area contributed by atoms with Crippen LogP contribution in [0.25, 0.3) is 4.96 Å². The van der Waals surface area contributed by atoms with E-state index in [1.54, 1.807) is 16.7 Å². The number of nitrogens with zero attached hydrogens (tertiary/aromatic N) is 3. The topological polar surface area (TPSA) is 66.7 Å². The quantitative estimate of drug-likeness (QED) is 0.847. The summed E-state index contributed by atoms with van der Waals surface area (Å²) >= 11 is 2.98. The number of nitrogens with one attached hydrogen (secondary N) is 1. The Morgan fingerprint density at radius 2 is 2.20 bits per heavy atom. The third-order valence-electron chi connectivity index (χ3n) is 4.71. The number of hydrogen-bond donors (Lipinski definition) is 1. The number of hydrogen-bond acceptors (Lipinski definition) is 6. The maximum atomic E-state index is 12.4. The van der Waals surface area contributed by atoms with Crippen LogP contribution in [-0.2, 0) is 10.5 Å². The highest BCUT2D eigenvalue weighted by Crippen LogP contribution is 2.21. The second kappa shape index (κ2) is 8.07. The van der Waals surface area contributed by atoms with Crippen LogP contribution >= 0.6 is 35.5 Å². The monoisotopic (exact) mass is 400 g/mol. The second-order valence-corrected chi connectivity index (χ2v) is 8.26. The van der Waals surface area contributed by atoms with Crippen molar-refractivity contribution in [3.63, 3.8) is 0 Å². The van der Waals surface area contributed by atoms with Gasteiger partial charge in [-0.15, -0.1) is 35.5 Å². The van der Waals surface area contributed by atoms with Gasteiger partial charge in [-0.1, -0.05) is 0 Å². The number of aromatic nitrogens is 2. The summed E-state index contributed by atoms with van der Waals surface area (Å²) in [4.78, 5) is 31.6. The molecule has 4 heterocycles. The molecule has 0 radical (unpaired) electrons. The molecule has 2 bridgehead atoms. The van der Waals surface area contributed by atoms with Crippen molar-refractivity contribution in [1.29, 1.82) is 0 Å². The van der Waals surface area contributed by atoms with Crippen molar-refractivity contribution >= 4 is 46.4 Å². The van der Waals surface area contributed by atoms with E-state index in [9.17, 15) is 9.59 Å². The lowest BCUT2D eigenvalue weighted by Crippen LogP contribution is -2.39. The third-order valence-corrected chi connectivity index (χ3v) is 6.42. The van der Waals surface area contributed by atoms with E-state index in [1.807, 2.05) is 10.3 Å². The zero-order chi connectivity index (χ0) is 16.5. The van der Waals surface area contributed by atoms with Gasteiger partial charge in [0.15, 0.2) is 4.96 Å². The van der Waals surface area contributed by atoms with E-state index in [-0.39, 0.29) is 23.9 Å². The molecule has 2 aliphatic heterocycles. The van der Waals surface area contributed by atoms with E-state index in [1.165, 1.54) is 35.9 Å². The molecule has 136 valence electrons. The van der Waals surface area contributed by atoms with Gasteiger partial charge in [0.25, 0.3) is 5.56 Å². The Hall–Kier alpha value is -1.09. The van der Waals surface area contributed by atoms with Crippen molar-refractivity contribution in [2.24, 2.45) is 0 Å². The van der Waals surface area contributed by atoms with Crippen LogP contribution in [0.2, 0.25) is 0 Å². The number of thiazole rings is 1. The molecule has 2 atom stereocenters. The van der Waals surface area contributed by atoms with Gasteiger partial charge >= 0.3 is 0 Å². The fraction of sp³-hybridized carbons (Fsp3) is 0.562. The van der Waals surface area contributed by atoms with Crippen molar-refractivity contribution in [3.05, 3.63) is 33.7 Å². The summed E-state index contributed by atoms with van der Waals surface area (Å²) in [5.74, 6) is 1.24. The van der Waals surface area contributed by atoms with Gasteiger partial charge in [0, 0.05) is 48.6 Å². The minimum absolute atomic E-state index is 0. The third kappa shape index (κ3) is 4.19. The molecule has 2 aliphatic rings. The van der Waals surface area contributed by atoms with Crippen LogP contribution in [0.4, 0.5) is 0 Å². The molecule has 2 saturated heterocycles. The average Bonchev–Trinajstić information content (AvgIpc) is 3.14. The predicted molar refractivity (Wildman–Crippen MR) is 104 cm³/mol. The smallest absolute Gasteiger partial charge is 0.258 e. The average molecular weight is 401 g/mol. The van der Waals surface area contributed by atoms with Gasteiger partial charge in [-0.3, -0.25) is 14.0 Å². The number of fused-ring (bicyclic) bond motifs is 3. The summed E-state index contributed by atoms with van der Waals surface area (Å²) in [6.07, 6.45) is 5.21.